The minimum atomic E-state index is -0.258. The molecule has 0 aliphatic carbocycles. The van der Waals surface area contributed by atoms with Crippen LogP contribution in [0.5, 0.6) is 0 Å². The topological polar surface area (TPSA) is 76.1 Å². The molecule has 0 saturated carbocycles. The molecule has 8 heteroatoms. The van der Waals surface area contributed by atoms with Crippen molar-refractivity contribution in [3.05, 3.63) is 51.3 Å². The number of hydrogen-bond acceptors (Lipinski definition) is 5. The van der Waals surface area contributed by atoms with E-state index in [1.807, 2.05) is 13.0 Å². The van der Waals surface area contributed by atoms with Crippen LogP contribution in [-0.2, 0) is 11.2 Å². The average Bonchev–Trinajstić information content (AvgIpc) is 2.56. The number of rotatable bonds is 8. The zero-order valence-corrected chi connectivity index (χ0v) is 15.6. The first-order valence-corrected chi connectivity index (χ1v) is 8.56. The first kappa shape index (κ1) is 19.4. The molecular weight excluding hydrogens is 363 g/mol. The zero-order valence-electron chi connectivity index (χ0n) is 14.1. The maximum atomic E-state index is 12.1. The third-order valence-electron chi connectivity index (χ3n) is 3.37. The Balaban J connectivity index is 1.96. The highest BCUT2D eigenvalue weighted by Crippen LogP contribution is 2.21. The van der Waals surface area contributed by atoms with Gasteiger partial charge in [0.15, 0.2) is 0 Å². The van der Waals surface area contributed by atoms with Gasteiger partial charge < -0.3 is 15.4 Å². The van der Waals surface area contributed by atoms with Gasteiger partial charge in [0.2, 0.25) is 5.95 Å². The van der Waals surface area contributed by atoms with E-state index in [-0.39, 0.29) is 5.91 Å². The van der Waals surface area contributed by atoms with Crippen LogP contribution in [0.15, 0.2) is 24.3 Å². The van der Waals surface area contributed by atoms with Crippen molar-refractivity contribution in [2.24, 2.45) is 0 Å². The molecule has 0 radical (unpaired) electrons. The molecule has 134 valence electrons. The largest absolute Gasteiger partial charge is 0.383 e. The lowest BCUT2D eigenvalue weighted by atomic mass is 10.1. The van der Waals surface area contributed by atoms with E-state index in [4.69, 9.17) is 27.9 Å². The van der Waals surface area contributed by atoms with E-state index < -0.39 is 0 Å². The zero-order chi connectivity index (χ0) is 18.2. The lowest BCUT2D eigenvalue weighted by Crippen LogP contribution is -2.28. The predicted octanol–water partition coefficient (Wildman–Crippen LogP) is 3.12. The number of hydrogen-bond donors (Lipinski definition) is 2. The summed E-state index contributed by atoms with van der Waals surface area (Å²) in [6, 6.07) is 7.04. The highest BCUT2D eigenvalue weighted by molar-refractivity contribution is 6.35. The first-order chi connectivity index (χ1) is 12.0. The molecule has 2 rings (SSSR count). The highest BCUT2D eigenvalue weighted by Gasteiger charge is 2.10. The number of nitrogens with one attached hydrogen (secondary N) is 2. The van der Waals surface area contributed by atoms with Gasteiger partial charge in [-0.05, 0) is 37.1 Å². The van der Waals surface area contributed by atoms with Gasteiger partial charge >= 0.3 is 0 Å². The lowest BCUT2D eigenvalue weighted by Gasteiger charge is -2.09. The fraction of sp³-hybridized carbons (Fsp3) is 0.353. The molecule has 1 aromatic carbocycles. The molecule has 0 spiro atoms. The number of methoxy groups -OCH3 is 1. The molecule has 2 aromatic rings. The smallest absolute Gasteiger partial charge is 0.270 e. The van der Waals surface area contributed by atoms with Crippen molar-refractivity contribution in [1.82, 2.24) is 15.3 Å². The number of carbonyl (C=O) groups is 1. The van der Waals surface area contributed by atoms with Crippen molar-refractivity contribution >= 4 is 35.1 Å². The number of benzene rings is 1. The van der Waals surface area contributed by atoms with Gasteiger partial charge in [-0.15, -0.1) is 0 Å². The summed E-state index contributed by atoms with van der Waals surface area (Å²) < 4.78 is 4.91. The second-order valence-electron chi connectivity index (χ2n) is 5.38. The summed E-state index contributed by atoms with van der Waals surface area (Å²) in [7, 11) is 1.58. The average molecular weight is 383 g/mol. The summed E-state index contributed by atoms with van der Waals surface area (Å²) >= 11 is 12.0. The van der Waals surface area contributed by atoms with Crippen molar-refractivity contribution in [2.45, 2.75) is 13.3 Å². The van der Waals surface area contributed by atoms with Gasteiger partial charge in [0.05, 0.1) is 6.61 Å². The Morgan fingerprint density at radius 1 is 1.20 bits per heavy atom. The highest BCUT2D eigenvalue weighted by atomic mass is 35.5. The molecule has 25 heavy (non-hydrogen) atoms. The number of nitrogens with zero attached hydrogens (tertiary/aromatic N) is 2. The van der Waals surface area contributed by atoms with E-state index in [1.54, 1.807) is 25.3 Å². The molecule has 6 nitrogen and oxygen atoms in total. The van der Waals surface area contributed by atoms with Gasteiger partial charge in [-0.25, -0.2) is 9.97 Å². The second-order valence-corrected chi connectivity index (χ2v) is 6.22. The van der Waals surface area contributed by atoms with Crippen LogP contribution in [-0.4, -0.2) is 42.7 Å². The molecule has 0 fully saturated rings. The van der Waals surface area contributed by atoms with Gasteiger partial charge in [-0.3, -0.25) is 4.79 Å². The van der Waals surface area contributed by atoms with Crippen LogP contribution in [0.25, 0.3) is 0 Å². The van der Waals surface area contributed by atoms with E-state index >= 15 is 0 Å². The van der Waals surface area contributed by atoms with E-state index in [0.29, 0.717) is 53.5 Å². The maximum Gasteiger partial charge on any atom is 0.270 e. The minimum Gasteiger partial charge on any atom is -0.383 e. The molecular formula is C17H20Cl2N4O2. The Bertz CT molecular complexity index is 741. The van der Waals surface area contributed by atoms with Crippen molar-refractivity contribution in [2.75, 3.05) is 32.1 Å². The molecule has 0 atom stereocenters. The van der Waals surface area contributed by atoms with E-state index in [0.717, 1.165) is 5.56 Å². The van der Waals surface area contributed by atoms with Crippen molar-refractivity contribution in [3.63, 3.8) is 0 Å². The lowest BCUT2D eigenvalue weighted by molar-refractivity contribution is 0.0932. The molecule has 0 unspecified atom stereocenters. The first-order valence-electron chi connectivity index (χ1n) is 7.80. The summed E-state index contributed by atoms with van der Waals surface area (Å²) in [6.45, 7) is 3.27. The van der Waals surface area contributed by atoms with Gasteiger partial charge in [0, 0.05) is 35.9 Å². The number of aromatic nitrogens is 2. The van der Waals surface area contributed by atoms with Crippen LogP contribution in [0, 0.1) is 6.92 Å². The van der Waals surface area contributed by atoms with Crippen molar-refractivity contribution < 1.29 is 9.53 Å². The third kappa shape index (κ3) is 6.16. The van der Waals surface area contributed by atoms with Gasteiger partial charge in [0.25, 0.3) is 5.91 Å². The van der Waals surface area contributed by atoms with Crippen LogP contribution in [0.4, 0.5) is 5.95 Å². The number of anilines is 1. The molecule has 1 heterocycles. The summed E-state index contributed by atoms with van der Waals surface area (Å²) in [5.74, 6) is 0.147. The molecule has 0 aliphatic heterocycles. The Labute approximate surface area is 156 Å². The number of ether oxygens (including phenoxy) is 1. The Kier molecular flexibility index (Phi) is 7.43. The summed E-state index contributed by atoms with van der Waals surface area (Å²) in [5, 5.41) is 7.08. The fourth-order valence-corrected chi connectivity index (χ4v) is 2.66. The fourth-order valence-electron chi connectivity index (χ4n) is 2.15. The van der Waals surface area contributed by atoms with Crippen LogP contribution in [0.2, 0.25) is 10.0 Å². The van der Waals surface area contributed by atoms with Crippen LogP contribution >= 0.6 is 23.2 Å². The minimum absolute atomic E-state index is 0.258. The number of aryl methyl sites for hydroxylation is 1. The Hall–Kier alpha value is -1.89. The van der Waals surface area contributed by atoms with Crippen LogP contribution in [0.1, 0.15) is 21.7 Å². The molecule has 2 N–H and O–H groups in total. The Morgan fingerprint density at radius 3 is 2.72 bits per heavy atom. The molecule has 1 aromatic heterocycles. The quantitative estimate of drug-likeness (QED) is 0.685. The van der Waals surface area contributed by atoms with E-state index in [2.05, 4.69) is 20.6 Å². The molecule has 0 saturated heterocycles. The third-order valence-corrected chi connectivity index (χ3v) is 3.96. The molecule has 1 amide bonds. The second kappa shape index (κ2) is 9.56. The van der Waals surface area contributed by atoms with Crippen LogP contribution < -0.4 is 10.6 Å². The molecule has 0 bridgehead atoms. The van der Waals surface area contributed by atoms with E-state index in [9.17, 15) is 4.79 Å². The van der Waals surface area contributed by atoms with Gasteiger partial charge in [0.1, 0.15) is 5.69 Å². The SMILES string of the molecule is COCCNC(=O)c1cc(C)nc(NCCc2ccc(Cl)cc2Cl)n1. The normalized spacial score (nSPS) is 10.6. The van der Waals surface area contributed by atoms with Gasteiger partial charge in [-0.1, -0.05) is 29.3 Å². The number of halogens is 2. The summed E-state index contributed by atoms with van der Waals surface area (Å²) in [6.07, 6.45) is 0.683. The summed E-state index contributed by atoms with van der Waals surface area (Å²) in [5.41, 5.74) is 2.00. The van der Waals surface area contributed by atoms with Gasteiger partial charge in [-0.2, -0.15) is 0 Å². The Morgan fingerprint density at radius 2 is 2.00 bits per heavy atom. The number of amides is 1. The maximum absolute atomic E-state index is 12.1. The predicted molar refractivity (Wildman–Crippen MR) is 99.6 cm³/mol. The summed E-state index contributed by atoms with van der Waals surface area (Å²) in [4.78, 5) is 20.6. The molecule has 0 aliphatic rings. The monoisotopic (exact) mass is 382 g/mol. The van der Waals surface area contributed by atoms with Crippen molar-refractivity contribution in [3.8, 4) is 0 Å². The number of carbonyl (C=O) groups excluding carboxylic acids is 1. The van der Waals surface area contributed by atoms with E-state index in [1.165, 1.54) is 0 Å². The van der Waals surface area contributed by atoms with Crippen LogP contribution in [0.3, 0.4) is 0 Å². The van der Waals surface area contributed by atoms with Crippen molar-refractivity contribution in [1.29, 1.82) is 0 Å². The standard InChI is InChI=1S/C17H20Cl2N4O2/c1-11-9-15(16(24)20-7-8-25-2)23-17(22-11)21-6-5-12-3-4-13(18)10-14(12)19/h3-4,9-10H,5-8H2,1-2H3,(H,20,24)(H,21,22,23).